The molecular weight excluding hydrogens is 296 g/mol. The lowest BCUT2D eigenvalue weighted by atomic mass is 10.1. The number of anilines is 1. The van der Waals surface area contributed by atoms with E-state index in [0.29, 0.717) is 10.6 Å². The first-order chi connectivity index (χ1) is 9.99. The molecule has 0 aromatic heterocycles. The predicted molar refractivity (Wildman–Crippen MR) is 81.3 cm³/mol. The molecule has 1 unspecified atom stereocenters. The Morgan fingerprint density at radius 2 is 1.81 bits per heavy atom. The number of rotatable bonds is 5. The average Bonchev–Trinajstić information content (AvgIpc) is 2.44. The zero-order valence-electron chi connectivity index (χ0n) is 11.7. The Labute approximate surface area is 127 Å². The number of para-hydroxylation sites is 1. The molecule has 2 rings (SSSR count). The van der Waals surface area contributed by atoms with Gasteiger partial charge in [0.15, 0.2) is 0 Å². The van der Waals surface area contributed by atoms with Gasteiger partial charge in [0, 0.05) is 16.3 Å². The van der Waals surface area contributed by atoms with E-state index < -0.39 is 6.61 Å². The van der Waals surface area contributed by atoms with Crippen LogP contribution < -0.4 is 10.1 Å². The van der Waals surface area contributed by atoms with Gasteiger partial charge in [-0.1, -0.05) is 35.9 Å². The zero-order valence-corrected chi connectivity index (χ0v) is 12.5. The van der Waals surface area contributed by atoms with Crippen molar-refractivity contribution >= 4 is 17.3 Å². The van der Waals surface area contributed by atoms with Crippen LogP contribution in [0.2, 0.25) is 5.02 Å². The first-order valence-electron chi connectivity index (χ1n) is 6.54. The Balaban J connectivity index is 2.24. The molecule has 0 amide bonds. The van der Waals surface area contributed by atoms with Gasteiger partial charge >= 0.3 is 6.61 Å². The highest BCUT2D eigenvalue weighted by Gasteiger charge is 2.15. The van der Waals surface area contributed by atoms with Crippen LogP contribution in [-0.4, -0.2) is 6.61 Å². The van der Waals surface area contributed by atoms with E-state index in [1.165, 1.54) is 6.07 Å². The Morgan fingerprint density at radius 3 is 2.52 bits per heavy atom. The highest BCUT2D eigenvalue weighted by atomic mass is 35.5. The summed E-state index contributed by atoms with van der Waals surface area (Å²) in [7, 11) is 0. The first kappa shape index (κ1) is 15.6. The van der Waals surface area contributed by atoms with E-state index in [2.05, 4.69) is 10.1 Å². The van der Waals surface area contributed by atoms with Gasteiger partial charge in [-0.3, -0.25) is 0 Å². The quantitative estimate of drug-likeness (QED) is 0.795. The van der Waals surface area contributed by atoms with Gasteiger partial charge in [0.05, 0.1) is 6.04 Å². The summed E-state index contributed by atoms with van der Waals surface area (Å²) < 4.78 is 29.5. The van der Waals surface area contributed by atoms with Crippen LogP contribution in [0.4, 0.5) is 14.5 Å². The van der Waals surface area contributed by atoms with Gasteiger partial charge in [0.1, 0.15) is 5.75 Å². The standard InChI is InChI=1S/C16H16ClF2NO/c1-10-13(17)7-5-8-14(10)20-11(2)12-6-3-4-9-15(12)21-16(18)19/h3-9,11,16,20H,1-2H3. The van der Waals surface area contributed by atoms with Crippen LogP contribution in [0.25, 0.3) is 0 Å². The number of alkyl halides is 2. The van der Waals surface area contributed by atoms with Crippen molar-refractivity contribution in [1.82, 2.24) is 0 Å². The fourth-order valence-electron chi connectivity index (χ4n) is 2.12. The zero-order chi connectivity index (χ0) is 15.4. The summed E-state index contributed by atoms with van der Waals surface area (Å²) in [5.74, 6) is 0.173. The molecule has 1 atom stereocenters. The van der Waals surface area contributed by atoms with Gasteiger partial charge in [-0.15, -0.1) is 0 Å². The van der Waals surface area contributed by atoms with E-state index in [0.717, 1.165) is 11.3 Å². The van der Waals surface area contributed by atoms with Crippen LogP contribution in [0.3, 0.4) is 0 Å². The van der Waals surface area contributed by atoms with Gasteiger partial charge < -0.3 is 10.1 Å². The molecule has 0 fully saturated rings. The largest absolute Gasteiger partial charge is 0.434 e. The topological polar surface area (TPSA) is 21.3 Å². The maximum Gasteiger partial charge on any atom is 0.387 e. The molecule has 2 aromatic carbocycles. The number of halogens is 3. The molecule has 0 saturated carbocycles. The van der Waals surface area contributed by atoms with Gasteiger partial charge in [-0.05, 0) is 37.6 Å². The molecule has 2 aromatic rings. The number of hydrogen-bond donors (Lipinski definition) is 1. The molecular formula is C16H16ClF2NO. The van der Waals surface area contributed by atoms with E-state index in [1.807, 2.05) is 26.0 Å². The summed E-state index contributed by atoms with van der Waals surface area (Å²) >= 11 is 6.08. The summed E-state index contributed by atoms with van der Waals surface area (Å²) in [5.41, 5.74) is 2.44. The van der Waals surface area contributed by atoms with Crippen molar-refractivity contribution in [1.29, 1.82) is 0 Å². The van der Waals surface area contributed by atoms with Crippen molar-refractivity contribution in [3.8, 4) is 5.75 Å². The van der Waals surface area contributed by atoms with Crippen LogP contribution in [0.5, 0.6) is 5.75 Å². The molecule has 0 aliphatic carbocycles. The van der Waals surface area contributed by atoms with Gasteiger partial charge in [-0.25, -0.2) is 0 Å². The van der Waals surface area contributed by atoms with Crippen LogP contribution in [-0.2, 0) is 0 Å². The molecule has 2 nitrogen and oxygen atoms in total. The molecule has 112 valence electrons. The molecule has 0 aliphatic rings. The SMILES string of the molecule is Cc1c(Cl)cccc1NC(C)c1ccccc1OC(F)F. The molecule has 0 heterocycles. The Morgan fingerprint density at radius 1 is 1.10 bits per heavy atom. The molecule has 0 saturated heterocycles. The molecule has 0 spiro atoms. The third-order valence-corrected chi connectivity index (χ3v) is 3.65. The predicted octanol–water partition coefficient (Wildman–Crippen LogP) is 5.42. The van der Waals surface area contributed by atoms with Crippen molar-refractivity contribution in [2.24, 2.45) is 0 Å². The van der Waals surface area contributed by atoms with Crippen molar-refractivity contribution in [2.45, 2.75) is 26.5 Å². The number of nitrogens with one attached hydrogen (secondary N) is 1. The van der Waals surface area contributed by atoms with Crippen molar-refractivity contribution in [2.75, 3.05) is 5.32 Å². The molecule has 0 bridgehead atoms. The van der Waals surface area contributed by atoms with Gasteiger partial charge in [0.2, 0.25) is 0 Å². The highest BCUT2D eigenvalue weighted by Crippen LogP contribution is 2.31. The van der Waals surface area contributed by atoms with Crippen LogP contribution in [0.1, 0.15) is 24.1 Å². The Bertz CT molecular complexity index is 619. The second kappa shape index (κ2) is 6.76. The van der Waals surface area contributed by atoms with E-state index in [4.69, 9.17) is 11.6 Å². The van der Waals surface area contributed by atoms with Crippen LogP contribution in [0, 0.1) is 6.92 Å². The smallest absolute Gasteiger partial charge is 0.387 e. The number of ether oxygens (including phenoxy) is 1. The summed E-state index contributed by atoms with van der Waals surface area (Å²) in [4.78, 5) is 0. The summed E-state index contributed by atoms with van der Waals surface area (Å²) in [6.07, 6.45) is 0. The van der Waals surface area contributed by atoms with Gasteiger partial charge in [-0.2, -0.15) is 8.78 Å². The summed E-state index contributed by atoms with van der Waals surface area (Å²) in [6.45, 7) is 0.943. The fraction of sp³-hybridized carbons (Fsp3) is 0.250. The highest BCUT2D eigenvalue weighted by molar-refractivity contribution is 6.31. The lowest BCUT2D eigenvalue weighted by molar-refractivity contribution is -0.0505. The monoisotopic (exact) mass is 311 g/mol. The summed E-state index contributed by atoms with van der Waals surface area (Å²) in [6, 6.07) is 12.1. The number of hydrogen-bond acceptors (Lipinski definition) is 2. The molecule has 0 radical (unpaired) electrons. The second-order valence-electron chi connectivity index (χ2n) is 4.69. The average molecular weight is 312 g/mol. The maximum atomic E-state index is 12.4. The Hall–Kier alpha value is -1.81. The summed E-state index contributed by atoms with van der Waals surface area (Å²) in [5, 5.41) is 3.93. The lowest BCUT2D eigenvalue weighted by Gasteiger charge is -2.20. The molecule has 21 heavy (non-hydrogen) atoms. The second-order valence-corrected chi connectivity index (χ2v) is 5.10. The normalized spacial score (nSPS) is 12.3. The number of benzene rings is 2. The van der Waals surface area contributed by atoms with Crippen molar-refractivity contribution < 1.29 is 13.5 Å². The minimum Gasteiger partial charge on any atom is -0.434 e. The van der Waals surface area contributed by atoms with Crippen LogP contribution in [0.15, 0.2) is 42.5 Å². The van der Waals surface area contributed by atoms with Crippen molar-refractivity contribution in [3.05, 3.63) is 58.6 Å². The molecule has 0 aliphatic heterocycles. The van der Waals surface area contributed by atoms with Crippen LogP contribution >= 0.6 is 11.6 Å². The fourth-order valence-corrected chi connectivity index (χ4v) is 2.29. The van der Waals surface area contributed by atoms with E-state index in [9.17, 15) is 8.78 Å². The lowest BCUT2D eigenvalue weighted by Crippen LogP contribution is -2.11. The third-order valence-electron chi connectivity index (χ3n) is 3.24. The van der Waals surface area contributed by atoms with E-state index in [1.54, 1.807) is 24.3 Å². The van der Waals surface area contributed by atoms with E-state index in [-0.39, 0.29) is 11.8 Å². The minimum absolute atomic E-state index is 0.173. The van der Waals surface area contributed by atoms with Crippen molar-refractivity contribution in [3.63, 3.8) is 0 Å². The third kappa shape index (κ3) is 3.85. The molecule has 5 heteroatoms. The molecule has 1 N–H and O–H groups in total. The maximum absolute atomic E-state index is 12.4. The Kier molecular flexibility index (Phi) is 5.02. The first-order valence-corrected chi connectivity index (χ1v) is 6.92. The minimum atomic E-state index is -2.84. The van der Waals surface area contributed by atoms with E-state index >= 15 is 0 Å². The van der Waals surface area contributed by atoms with Gasteiger partial charge in [0.25, 0.3) is 0 Å².